The zero-order chi connectivity index (χ0) is 10.8. The van der Waals surface area contributed by atoms with Gasteiger partial charge in [0, 0.05) is 11.8 Å². The molecular weight excluding hydrogens is 188 g/mol. The van der Waals surface area contributed by atoms with E-state index in [4.69, 9.17) is 4.74 Å². The Kier molecular flexibility index (Phi) is 3.25. The van der Waals surface area contributed by atoms with E-state index < -0.39 is 0 Å². The molecule has 2 fully saturated rings. The van der Waals surface area contributed by atoms with Crippen LogP contribution in [0.1, 0.15) is 33.1 Å². The van der Waals surface area contributed by atoms with E-state index in [0.717, 1.165) is 12.2 Å². The largest absolute Gasteiger partial charge is 0.377 e. The van der Waals surface area contributed by atoms with Gasteiger partial charge in [0.05, 0.1) is 12.7 Å². The summed E-state index contributed by atoms with van der Waals surface area (Å²) in [5.74, 6) is 1.54. The summed E-state index contributed by atoms with van der Waals surface area (Å²) in [6.07, 6.45) is 7.41. The fourth-order valence-electron chi connectivity index (χ4n) is 2.97. The summed E-state index contributed by atoms with van der Waals surface area (Å²) < 4.78 is 5.85. The van der Waals surface area contributed by atoms with Crippen LogP contribution in [0.15, 0.2) is 11.6 Å². The van der Waals surface area contributed by atoms with E-state index in [1.165, 1.54) is 19.3 Å². The molecule has 2 heteroatoms. The molecule has 2 nitrogen and oxygen atoms in total. The third-order valence-electron chi connectivity index (χ3n) is 3.78. The van der Waals surface area contributed by atoms with Crippen LogP contribution in [0, 0.1) is 17.8 Å². The van der Waals surface area contributed by atoms with Crippen molar-refractivity contribution in [2.75, 3.05) is 6.61 Å². The number of rotatable bonds is 4. The number of carbonyl (C=O) groups excluding carboxylic acids is 1. The van der Waals surface area contributed by atoms with Gasteiger partial charge in [-0.1, -0.05) is 18.6 Å². The van der Waals surface area contributed by atoms with Crippen molar-refractivity contribution in [3.05, 3.63) is 11.6 Å². The van der Waals surface area contributed by atoms with Crippen molar-refractivity contribution in [1.82, 2.24) is 0 Å². The lowest BCUT2D eigenvalue weighted by Crippen LogP contribution is -2.24. The Bertz CT molecular complexity index is 270. The zero-order valence-corrected chi connectivity index (χ0v) is 9.61. The summed E-state index contributed by atoms with van der Waals surface area (Å²) >= 11 is 0. The van der Waals surface area contributed by atoms with Crippen LogP contribution in [0.2, 0.25) is 0 Å². The van der Waals surface area contributed by atoms with E-state index >= 15 is 0 Å². The summed E-state index contributed by atoms with van der Waals surface area (Å²) in [7, 11) is 0. The number of hydrogen-bond donors (Lipinski definition) is 0. The summed E-state index contributed by atoms with van der Waals surface area (Å²) in [4.78, 5) is 10.5. The standard InChI is InChI=1S/C13H20O2/c1-3-11-4-10-5-12(11)13(6-10)15-8-9(2)7-14/h3,7,9-10,12-13H,4-6,8H2,1-2H3. The predicted octanol–water partition coefficient (Wildman–Crippen LogP) is 2.58. The van der Waals surface area contributed by atoms with Gasteiger partial charge in [-0.2, -0.15) is 0 Å². The van der Waals surface area contributed by atoms with Crippen LogP contribution in [0.4, 0.5) is 0 Å². The SMILES string of the molecule is CC=C1CC2CC(OCC(C)C=O)C1C2. The van der Waals surface area contributed by atoms with Crippen LogP contribution in [0.5, 0.6) is 0 Å². The molecule has 0 N–H and O–H groups in total. The maximum atomic E-state index is 10.5. The first-order valence-corrected chi connectivity index (χ1v) is 5.96. The summed E-state index contributed by atoms with van der Waals surface area (Å²) in [6.45, 7) is 4.63. The van der Waals surface area contributed by atoms with Gasteiger partial charge in [-0.25, -0.2) is 0 Å². The molecule has 0 aliphatic heterocycles. The Morgan fingerprint density at radius 1 is 1.53 bits per heavy atom. The molecule has 0 aromatic heterocycles. The maximum absolute atomic E-state index is 10.5. The zero-order valence-electron chi connectivity index (χ0n) is 9.61. The van der Waals surface area contributed by atoms with Gasteiger partial charge in [0.25, 0.3) is 0 Å². The normalized spacial score (nSPS) is 38.5. The Morgan fingerprint density at radius 2 is 2.33 bits per heavy atom. The molecule has 0 aromatic carbocycles. The van der Waals surface area contributed by atoms with E-state index in [1.54, 1.807) is 5.57 Å². The highest BCUT2D eigenvalue weighted by molar-refractivity contribution is 5.52. The molecule has 2 aliphatic rings. The van der Waals surface area contributed by atoms with Gasteiger partial charge in [-0.15, -0.1) is 0 Å². The molecule has 0 heterocycles. The highest BCUT2D eigenvalue weighted by Gasteiger charge is 2.43. The van der Waals surface area contributed by atoms with Crippen molar-refractivity contribution in [1.29, 1.82) is 0 Å². The van der Waals surface area contributed by atoms with Crippen LogP contribution < -0.4 is 0 Å². The van der Waals surface area contributed by atoms with Crippen molar-refractivity contribution in [3.63, 3.8) is 0 Å². The van der Waals surface area contributed by atoms with E-state index in [-0.39, 0.29) is 5.92 Å². The molecule has 84 valence electrons. The number of aldehydes is 1. The van der Waals surface area contributed by atoms with Gasteiger partial charge in [0.1, 0.15) is 6.29 Å². The summed E-state index contributed by atoms with van der Waals surface area (Å²) in [5.41, 5.74) is 1.58. The highest BCUT2D eigenvalue weighted by atomic mass is 16.5. The number of allylic oxidation sites excluding steroid dienone is 1. The second-order valence-corrected chi connectivity index (χ2v) is 5.00. The molecule has 4 unspecified atom stereocenters. The lowest BCUT2D eigenvalue weighted by molar-refractivity contribution is -0.113. The van der Waals surface area contributed by atoms with Crippen LogP contribution in [0.3, 0.4) is 0 Å². The molecule has 0 radical (unpaired) electrons. The predicted molar refractivity (Wildman–Crippen MR) is 59.6 cm³/mol. The van der Waals surface area contributed by atoms with Crippen LogP contribution >= 0.6 is 0 Å². The van der Waals surface area contributed by atoms with Crippen molar-refractivity contribution in [3.8, 4) is 0 Å². The molecule has 2 bridgehead atoms. The Morgan fingerprint density at radius 3 is 2.93 bits per heavy atom. The molecule has 15 heavy (non-hydrogen) atoms. The summed E-state index contributed by atoms with van der Waals surface area (Å²) in [6, 6.07) is 0. The first-order chi connectivity index (χ1) is 7.24. The van der Waals surface area contributed by atoms with Crippen LogP contribution in [-0.2, 0) is 9.53 Å². The molecule has 0 amide bonds. The quantitative estimate of drug-likeness (QED) is 0.524. The molecule has 2 saturated carbocycles. The first kappa shape index (κ1) is 10.9. The van der Waals surface area contributed by atoms with Crippen molar-refractivity contribution < 1.29 is 9.53 Å². The van der Waals surface area contributed by atoms with Gasteiger partial charge in [-0.3, -0.25) is 0 Å². The third-order valence-corrected chi connectivity index (χ3v) is 3.78. The molecule has 4 atom stereocenters. The molecule has 0 aromatic rings. The second-order valence-electron chi connectivity index (χ2n) is 5.00. The van der Waals surface area contributed by atoms with Gasteiger partial charge in [-0.05, 0) is 32.1 Å². The minimum absolute atomic E-state index is 0.0400. The van der Waals surface area contributed by atoms with Crippen LogP contribution in [-0.4, -0.2) is 19.0 Å². The number of fused-ring (bicyclic) bond motifs is 2. The van der Waals surface area contributed by atoms with E-state index in [9.17, 15) is 4.79 Å². The minimum Gasteiger partial charge on any atom is -0.377 e. The van der Waals surface area contributed by atoms with Gasteiger partial charge in [0.15, 0.2) is 0 Å². The number of ether oxygens (including phenoxy) is 1. The van der Waals surface area contributed by atoms with Crippen molar-refractivity contribution in [2.45, 2.75) is 39.2 Å². The van der Waals surface area contributed by atoms with Crippen molar-refractivity contribution >= 4 is 6.29 Å². The average molecular weight is 208 g/mol. The lowest BCUT2D eigenvalue weighted by Gasteiger charge is -2.25. The molecule has 2 aliphatic carbocycles. The van der Waals surface area contributed by atoms with E-state index in [1.807, 2.05) is 6.92 Å². The molecule has 2 rings (SSSR count). The monoisotopic (exact) mass is 208 g/mol. The lowest BCUT2D eigenvalue weighted by atomic mass is 9.92. The molecular formula is C13H20O2. The van der Waals surface area contributed by atoms with Gasteiger partial charge >= 0.3 is 0 Å². The first-order valence-electron chi connectivity index (χ1n) is 5.96. The smallest absolute Gasteiger partial charge is 0.125 e. The fourth-order valence-corrected chi connectivity index (χ4v) is 2.97. The second kappa shape index (κ2) is 4.48. The molecule has 0 saturated heterocycles. The Labute approximate surface area is 91.7 Å². The fraction of sp³-hybridized carbons (Fsp3) is 0.769. The topological polar surface area (TPSA) is 26.3 Å². The molecule has 0 spiro atoms. The summed E-state index contributed by atoms with van der Waals surface area (Å²) in [5, 5.41) is 0. The minimum atomic E-state index is 0.0400. The van der Waals surface area contributed by atoms with E-state index in [2.05, 4.69) is 13.0 Å². The maximum Gasteiger partial charge on any atom is 0.125 e. The number of hydrogen-bond acceptors (Lipinski definition) is 2. The highest BCUT2D eigenvalue weighted by Crippen LogP contribution is 2.49. The van der Waals surface area contributed by atoms with Crippen LogP contribution in [0.25, 0.3) is 0 Å². The average Bonchev–Trinajstić information content (AvgIpc) is 2.84. The van der Waals surface area contributed by atoms with Gasteiger partial charge < -0.3 is 9.53 Å². The van der Waals surface area contributed by atoms with Crippen molar-refractivity contribution in [2.24, 2.45) is 17.8 Å². The number of carbonyl (C=O) groups is 1. The van der Waals surface area contributed by atoms with E-state index in [0.29, 0.717) is 18.6 Å². The Balaban J connectivity index is 1.87. The third kappa shape index (κ3) is 2.15. The Hall–Kier alpha value is -0.630. The van der Waals surface area contributed by atoms with Gasteiger partial charge in [0.2, 0.25) is 0 Å².